The minimum atomic E-state index is 0.307. The number of aliphatic hydroxyl groups is 1. The molecule has 2 rings (SSSR count). The molecule has 0 bridgehead atoms. The van der Waals surface area contributed by atoms with E-state index in [4.69, 9.17) is 0 Å². The number of aliphatic hydroxyl groups excluding tert-OH is 1. The van der Waals surface area contributed by atoms with Crippen molar-refractivity contribution < 1.29 is 5.11 Å². The van der Waals surface area contributed by atoms with Crippen LogP contribution in [0.5, 0.6) is 0 Å². The van der Waals surface area contributed by atoms with Gasteiger partial charge in [-0.15, -0.1) is 0 Å². The lowest BCUT2D eigenvalue weighted by Gasteiger charge is -2.19. The predicted octanol–water partition coefficient (Wildman–Crippen LogP) is 3.46. The zero-order valence-corrected chi connectivity index (χ0v) is 12.8. The second-order valence-electron chi connectivity index (χ2n) is 4.61. The molecule has 1 saturated carbocycles. The van der Waals surface area contributed by atoms with Crippen LogP contribution in [0.3, 0.4) is 0 Å². The number of nitrogens with one attached hydrogen (secondary N) is 1. The van der Waals surface area contributed by atoms with Crippen LogP contribution in [0.2, 0.25) is 0 Å². The topological polar surface area (TPSA) is 32.3 Å². The highest BCUT2D eigenvalue weighted by atomic mass is 79.9. The first kappa shape index (κ1) is 13.5. The molecule has 94 valence electrons. The van der Waals surface area contributed by atoms with Gasteiger partial charge in [-0.3, -0.25) is 0 Å². The summed E-state index contributed by atoms with van der Waals surface area (Å²) in [4.78, 5) is 0. The molecule has 1 aliphatic rings. The number of rotatable bonds is 4. The van der Waals surface area contributed by atoms with Crippen molar-refractivity contribution in [1.82, 2.24) is 5.32 Å². The highest BCUT2D eigenvalue weighted by molar-refractivity contribution is 9.13. The van der Waals surface area contributed by atoms with Gasteiger partial charge in [-0.2, -0.15) is 0 Å². The minimum Gasteiger partial charge on any atom is -0.396 e. The fraction of sp³-hybridized carbons (Fsp3) is 0.538. The Balaban J connectivity index is 1.91. The van der Waals surface area contributed by atoms with Crippen molar-refractivity contribution in [3.63, 3.8) is 0 Å². The number of hydrogen-bond acceptors (Lipinski definition) is 2. The summed E-state index contributed by atoms with van der Waals surface area (Å²) in [5.41, 5.74) is 1.27. The minimum absolute atomic E-state index is 0.307. The maximum atomic E-state index is 9.26. The Hall–Kier alpha value is 0.1000. The van der Waals surface area contributed by atoms with Gasteiger partial charge in [-0.1, -0.05) is 12.5 Å². The molecule has 0 aliphatic heterocycles. The number of benzene rings is 1. The lowest BCUT2D eigenvalue weighted by atomic mass is 10.0. The van der Waals surface area contributed by atoms with E-state index in [0.29, 0.717) is 18.6 Å². The van der Waals surface area contributed by atoms with Crippen molar-refractivity contribution in [2.24, 2.45) is 5.92 Å². The van der Waals surface area contributed by atoms with Crippen molar-refractivity contribution in [1.29, 1.82) is 0 Å². The average molecular weight is 363 g/mol. The first-order valence-corrected chi connectivity index (χ1v) is 7.57. The molecule has 1 aromatic carbocycles. The van der Waals surface area contributed by atoms with Crippen LogP contribution in [-0.2, 0) is 6.54 Å². The molecule has 2 nitrogen and oxygen atoms in total. The van der Waals surface area contributed by atoms with Crippen molar-refractivity contribution in [3.8, 4) is 0 Å². The standard InChI is InChI=1S/C13H17Br2NO/c14-11-5-4-9(6-12(11)15)7-16-13-3-1-2-10(13)8-17/h4-6,10,13,16-17H,1-3,7-8H2. The van der Waals surface area contributed by atoms with Gasteiger partial charge in [0.05, 0.1) is 0 Å². The Morgan fingerprint density at radius 3 is 2.76 bits per heavy atom. The Bertz CT molecular complexity index is 384. The van der Waals surface area contributed by atoms with Gasteiger partial charge in [0.15, 0.2) is 0 Å². The lowest BCUT2D eigenvalue weighted by molar-refractivity contribution is 0.205. The number of halogens is 2. The van der Waals surface area contributed by atoms with Gasteiger partial charge in [-0.25, -0.2) is 0 Å². The first-order chi connectivity index (χ1) is 8.20. The Morgan fingerprint density at radius 2 is 2.06 bits per heavy atom. The molecule has 17 heavy (non-hydrogen) atoms. The monoisotopic (exact) mass is 361 g/mol. The van der Waals surface area contributed by atoms with Gasteiger partial charge in [0, 0.05) is 28.1 Å². The van der Waals surface area contributed by atoms with E-state index in [0.717, 1.165) is 21.9 Å². The molecule has 2 atom stereocenters. The SMILES string of the molecule is OCC1CCCC1NCc1ccc(Br)c(Br)c1. The van der Waals surface area contributed by atoms with E-state index in [1.54, 1.807) is 0 Å². The molecule has 1 aromatic rings. The van der Waals surface area contributed by atoms with Crippen LogP contribution in [0.25, 0.3) is 0 Å². The van der Waals surface area contributed by atoms with E-state index < -0.39 is 0 Å². The predicted molar refractivity (Wildman–Crippen MR) is 76.9 cm³/mol. The van der Waals surface area contributed by atoms with E-state index in [1.807, 2.05) is 0 Å². The van der Waals surface area contributed by atoms with Crippen LogP contribution in [0, 0.1) is 5.92 Å². The van der Waals surface area contributed by atoms with Crippen LogP contribution >= 0.6 is 31.9 Å². The maximum Gasteiger partial charge on any atom is 0.0474 e. The Kier molecular flexibility index (Phi) is 5.03. The summed E-state index contributed by atoms with van der Waals surface area (Å²) >= 11 is 6.98. The molecule has 2 N–H and O–H groups in total. The molecule has 0 amide bonds. The second-order valence-corrected chi connectivity index (χ2v) is 6.32. The third-order valence-corrected chi connectivity index (χ3v) is 5.33. The molecular formula is C13H17Br2NO. The van der Waals surface area contributed by atoms with Crippen LogP contribution in [0.4, 0.5) is 0 Å². The summed E-state index contributed by atoms with van der Waals surface area (Å²) in [5.74, 6) is 0.439. The molecule has 0 saturated heterocycles. The molecule has 1 fully saturated rings. The fourth-order valence-corrected chi connectivity index (χ4v) is 3.10. The number of hydrogen-bond donors (Lipinski definition) is 2. The molecule has 2 unspecified atom stereocenters. The summed E-state index contributed by atoms with van der Waals surface area (Å²) in [6, 6.07) is 6.77. The summed E-state index contributed by atoms with van der Waals surface area (Å²) in [6.45, 7) is 1.18. The lowest BCUT2D eigenvalue weighted by Crippen LogP contribution is -2.33. The molecule has 0 radical (unpaired) electrons. The second kappa shape index (κ2) is 6.32. The average Bonchev–Trinajstić information content (AvgIpc) is 2.78. The molecular weight excluding hydrogens is 346 g/mol. The van der Waals surface area contributed by atoms with Gasteiger partial charge in [0.25, 0.3) is 0 Å². The third-order valence-electron chi connectivity index (χ3n) is 3.45. The molecule has 0 heterocycles. The first-order valence-electron chi connectivity index (χ1n) is 5.99. The quantitative estimate of drug-likeness (QED) is 0.859. The van der Waals surface area contributed by atoms with Gasteiger partial charge < -0.3 is 10.4 Å². The summed E-state index contributed by atoms with van der Waals surface area (Å²) in [6.07, 6.45) is 3.56. The van der Waals surface area contributed by atoms with Crippen LogP contribution in [-0.4, -0.2) is 17.8 Å². The summed E-state index contributed by atoms with van der Waals surface area (Å²) in [7, 11) is 0. The van der Waals surface area contributed by atoms with Gasteiger partial charge in [0.2, 0.25) is 0 Å². The van der Waals surface area contributed by atoms with E-state index in [2.05, 4.69) is 55.4 Å². The van der Waals surface area contributed by atoms with E-state index in [1.165, 1.54) is 18.4 Å². The van der Waals surface area contributed by atoms with Crippen LogP contribution in [0.1, 0.15) is 24.8 Å². The molecule has 0 aromatic heterocycles. The van der Waals surface area contributed by atoms with Crippen molar-refractivity contribution >= 4 is 31.9 Å². The van der Waals surface area contributed by atoms with Crippen LogP contribution in [0.15, 0.2) is 27.1 Å². The highest BCUT2D eigenvalue weighted by Crippen LogP contribution is 2.26. The molecule has 1 aliphatic carbocycles. The zero-order chi connectivity index (χ0) is 12.3. The van der Waals surface area contributed by atoms with Crippen molar-refractivity contribution in [2.45, 2.75) is 31.8 Å². The summed E-state index contributed by atoms with van der Waals surface area (Å²) < 4.78 is 2.16. The van der Waals surface area contributed by atoms with E-state index in [9.17, 15) is 5.11 Å². The molecule has 4 heteroatoms. The summed E-state index contributed by atoms with van der Waals surface area (Å²) in [5, 5.41) is 12.8. The van der Waals surface area contributed by atoms with E-state index in [-0.39, 0.29) is 0 Å². The van der Waals surface area contributed by atoms with Gasteiger partial charge in [-0.05, 0) is 68.3 Å². The Morgan fingerprint density at radius 1 is 1.24 bits per heavy atom. The fourth-order valence-electron chi connectivity index (χ4n) is 2.42. The van der Waals surface area contributed by atoms with Crippen molar-refractivity contribution in [3.05, 3.63) is 32.7 Å². The normalized spacial score (nSPS) is 24.2. The van der Waals surface area contributed by atoms with Gasteiger partial charge >= 0.3 is 0 Å². The zero-order valence-electron chi connectivity index (χ0n) is 9.63. The van der Waals surface area contributed by atoms with Crippen molar-refractivity contribution in [2.75, 3.05) is 6.61 Å². The van der Waals surface area contributed by atoms with Gasteiger partial charge in [0.1, 0.15) is 0 Å². The molecule has 0 spiro atoms. The third kappa shape index (κ3) is 3.53. The Labute approximate surface area is 119 Å². The van der Waals surface area contributed by atoms with E-state index >= 15 is 0 Å². The highest BCUT2D eigenvalue weighted by Gasteiger charge is 2.25. The smallest absolute Gasteiger partial charge is 0.0474 e. The van der Waals surface area contributed by atoms with Crippen LogP contribution < -0.4 is 5.32 Å². The maximum absolute atomic E-state index is 9.26. The largest absolute Gasteiger partial charge is 0.396 e.